The van der Waals surface area contributed by atoms with Crippen molar-refractivity contribution in [2.24, 2.45) is 5.73 Å². The predicted octanol–water partition coefficient (Wildman–Crippen LogP) is 2.40. The first kappa shape index (κ1) is 21.0. The van der Waals surface area contributed by atoms with Crippen molar-refractivity contribution in [2.75, 3.05) is 36.1 Å². The van der Waals surface area contributed by atoms with E-state index in [2.05, 4.69) is 15.6 Å². The van der Waals surface area contributed by atoms with Crippen molar-refractivity contribution in [3.63, 3.8) is 0 Å². The average Bonchev–Trinajstić information content (AvgIpc) is 2.95. The molecular formula is C23H25FN6O3. The Morgan fingerprint density at radius 1 is 1.24 bits per heavy atom. The van der Waals surface area contributed by atoms with Gasteiger partial charge in [0.25, 0.3) is 5.91 Å². The molecular weight excluding hydrogens is 427 g/mol. The molecule has 0 bridgehead atoms. The van der Waals surface area contributed by atoms with Crippen molar-refractivity contribution >= 4 is 34.0 Å². The van der Waals surface area contributed by atoms with Crippen LogP contribution in [0.1, 0.15) is 36.0 Å². The summed E-state index contributed by atoms with van der Waals surface area (Å²) in [5.41, 5.74) is 10.6. The number of amides is 1. The van der Waals surface area contributed by atoms with E-state index in [9.17, 15) is 9.59 Å². The summed E-state index contributed by atoms with van der Waals surface area (Å²) in [6.07, 6.45) is 6.57. The maximum atomic E-state index is 15.5. The maximum absolute atomic E-state index is 15.5. The molecule has 3 heterocycles. The largest absolute Gasteiger partial charge is 0.489 e. The summed E-state index contributed by atoms with van der Waals surface area (Å²) in [6.45, 7) is 1.16. The van der Waals surface area contributed by atoms with Crippen LogP contribution in [0, 0.1) is 5.82 Å². The minimum absolute atomic E-state index is 0.0656. The summed E-state index contributed by atoms with van der Waals surface area (Å²) in [7, 11) is 0. The lowest BCUT2D eigenvalue weighted by Crippen LogP contribution is -2.42. The third kappa shape index (κ3) is 3.33. The number of carbonyl (C=O) groups excluding carboxylic acids is 1. The fraction of sp³-hybridized carbons (Fsp3) is 0.348. The highest BCUT2D eigenvalue weighted by Gasteiger charge is 2.42. The number of benzene rings is 1. The predicted molar refractivity (Wildman–Crippen MR) is 124 cm³/mol. The van der Waals surface area contributed by atoms with Crippen LogP contribution in [0.3, 0.4) is 0 Å². The van der Waals surface area contributed by atoms with Gasteiger partial charge in [0.2, 0.25) is 5.43 Å². The maximum Gasteiger partial charge on any atom is 0.254 e. The van der Waals surface area contributed by atoms with Crippen LogP contribution in [0.2, 0.25) is 0 Å². The molecule has 2 aliphatic rings. The molecule has 0 unspecified atom stereocenters. The number of carbonyl (C=O) groups is 1. The summed E-state index contributed by atoms with van der Waals surface area (Å²) >= 11 is 0. The molecule has 2 aromatic heterocycles. The van der Waals surface area contributed by atoms with E-state index in [0.717, 1.165) is 19.3 Å². The molecule has 0 radical (unpaired) electrons. The normalized spacial score (nSPS) is 16.0. The molecule has 1 fully saturated rings. The Bertz CT molecular complexity index is 1300. The molecule has 1 aromatic carbocycles. The zero-order valence-corrected chi connectivity index (χ0v) is 18.0. The topological polar surface area (TPSA) is 137 Å². The van der Waals surface area contributed by atoms with Crippen LogP contribution in [-0.4, -0.2) is 35.2 Å². The summed E-state index contributed by atoms with van der Waals surface area (Å²) in [6, 6.07) is 5.52. The molecule has 33 heavy (non-hydrogen) atoms. The summed E-state index contributed by atoms with van der Waals surface area (Å²) < 4.78 is 23.4. The van der Waals surface area contributed by atoms with E-state index in [1.165, 1.54) is 6.20 Å². The highest BCUT2D eigenvalue weighted by molar-refractivity contribution is 6.04. The van der Waals surface area contributed by atoms with Gasteiger partial charge in [-0.2, -0.15) is 0 Å². The minimum atomic E-state index is -0.866. The Hall–Kier alpha value is -3.82. The van der Waals surface area contributed by atoms with Crippen LogP contribution < -0.4 is 32.3 Å². The number of aromatic nitrogens is 2. The number of nitrogens with zero attached hydrogens (tertiary/aromatic N) is 2. The Labute approximate surface area is 188 Å². The van der Waals surface area contributed by atoms with Gasteiger partial charge in [0.05, 0.1) is 23.2 Å². The number of hydrogen-bond donors (Lipinski definition) is 4. The number of hydrogen-bond acceptors (Lipinski definition) is 7. The number of nitrogens with two attached hydrogens (primary N) is 2. The first-order chi connectivity index (χ1) is 15.9. The molecule has 1 saturated carbocycles. The Morgan fingerprint density at radius 3 is 2.70 bits per heavy atom. The van der Waals surface area contributed by atoms with Gasteiger partial charge in [0, 0.05) is 37.4 Å². The Morgan fingerprint density at radius 2 is 2.03 bits per heavy atom. The fourth-order valence-electron chi connectivity index (χ4n) is 4.78. The lowest BCUT2D eigenvalue weighted by atomic mass is 9.74. The molecule has 1 spiro atoms. The van der Waals surface area contributed by atoms with Crippen molar-refractivity contribution < 1.29 is 13.9 Å². The number of nitrogen functional groups attached to an aromatic ring is 1. The zero-order valence-electron chi connectivity index (χ0n) is 18.0. The summed E-state index contributed by atoms with van der Waals surface area (Å²) in [5, 5.41) is 6.15. The number of rotatable bonds is 6. The van der Waals surface area contributed by atoms with Gasteiger partial charge in [0.15, 0.2) is 11.6 Å². The molecule has 1 aliphatic carbocycles. The third-order valence-corrected chi connectivity index (χ3v) is 6.65. The van der Waals surface area contributed by atoms with E-state index in [1.807, 2.05) is 22.8 Å². The number of nitrogens with one attached hydrogen (secondary N) is 2. The van der Waals surface area contributed by atoms with E-state index in [1.54, 1.807) is 6.20 Å². The number of anilines is 3. The fourth-order valence-corrected chi connectivity index (χ4v) is 4.78. The molecule has 3 aromatic rings. The van der Waals surface area contributed by atoms with Gasteiger partial charge in [-0.3, -0.25) is 9.59 Å². The van der Waals surface area contributed by atoms with Crippen molar-refractivity contribution in [3.8, 4) is 5.75 Å². The monoisotopic (exact) mass is 452 g/mol. The van der Waals surface area contributed by atoms with Gasteiger partial charge in [-0.05, 0) is 31.4 Å². The number of primary amides is 1. The molecule has 1 aliphatic heterocycles. The van der Waals surface area contributed by atoms with Gasteiger partial charge < -0.3 is 31.4 Å². The van der Waals surface area contributed by atoms with Crippen molar-refractivity contribution in [1.29, 1.82) is 0 Å². The minimum Gasteiger partial charge on any atom is -0.489 e. The molecule has 1 amide bonds. The second kappa shape index (κ2) is 7.95. The van der Waals surface area contributed by atoms with Crippen LogP contribution in [0.25, 0.3) is 10.9 Å². The van der Waals surface area contributed by atoms with Crippen LogP contribution in [0.4, 0.5) is 21.6 Å². The molecule has 0 atom stereocenters. The van der Waals surface area contributed by atoms with Crippen LogP contribution in [0.15, 0.2) is 35.4 Å². The Kier molecular flexibility index (Phi) is 5.07. The van der Waals surface area contributed by atoms with Crippen molar-refractivity contribution in [2.45, 2.75) is 31.2 Å². The number of ether oxygens (including phenoxy) is 1. The number of pyridine rings is 2. The van der Waals surface area contributed by atoms with Gasteiger partial charge in [-0.15, -0.1) is 0 Å². The molecule has 172 valence electrons. The summed E-state index contributed by atoms with van der Waals surface area (Å²) in [4.78, 5) is 29.3. The quantitative estimate of drug-likeness (QED) is 0.333. The van der Waals surface area contributed by atoms with Gasteiger partial charge in [-0.1, -0.05) is 6.07 Å². The smallest absolute Gasteiger partial charge is 0.254 e. The summed E-state index contributed by atoms with van der Waals surface area (Å²) in [5.74, 6) is -0.724. The highest BCUT2D eigenvalue weighted by Crippen LogP contribution is 2.49. The standard InChI is InChI=1S/C23H25FN6O3/c24-16-17(25)15-19-21(18(16)29-10-9-28-14-4-1-2-8-27-14)33-11-7-23(5-3-6-23)30(19)12-13(20(15)31)22(26)32/h1-2,4,8,12,29H,3,5-7,9-11,25H2,(H2,26,32)(H,27,28). The van der Waals surface area contributed by atoms with E-state index in [0.29, 0.717) is 37.5 Å². The Balaban J connectivity index is 1.61. The van der Waals surface area contributed by atoms with E-state index >= 15 is 4.39 Å². The van der Waals surface area contributed by atoms with E-state index < -0.39 is 17.2 Å². The third-order valence-electron chi connectivity index (χ3n) is 6.65. The van der Waals surface area contributed by atoms with E-state index in [4.69, 9.17) is 16.2 Å². The van der Waals surface area contributed by atoms with Crippen molar-refractivity contribution in [1.82, 2.24) is 9.55 Å². The average molecular weight is 452 g/mol. The lowest BCUT2D eigenvalue weighted by Gasteiger charge is -2.44. The lowest BCUT2D eigenvalue weighted by molar-refractivity contribution is 0.0992. The van der Waals surface area contributed by atoms with Crippen LogP contribution >= 0.6 is 0 Å². The zero-order chi connectivity index (χ0) is 23.2. The first-order valence-corrected chi connectivity index (χ1v) is 10.9. The van der Waals surface area contributed by atoms with Gasteiger partial charge in [-0.25, -0.2) is 9.37 Å². The van der Waals surface area contributed by atoms with Crippen LogP contribution in [0.5, 0.6) is 5.75 Å². The molecule has 10 heteroatoms. The van der Waals surface area contributed by atoms with Crippen molar-refractivity contribution in [3.05, 3.63) is 52.2 Å². The molecule has 5 rings (SSSR count). The second-order valence-corrected chi connectivity index (χ2v) is 8.51. The molecule has 6 N–H and O–H groups in total. The highest BCUT2D eigenvalue weighted by atomic mass is 19.1. The van der Waals surface area contributed by atoms with Crippen LogP contribution in [-0.2, 0) is 5.54 Å². The number of fused-ring (bicyclic) bond motifs is 1. The first-order valence-electron chi connectivity index (χ1n) is 10.9. The SMILES string of the molecule is NC(=O)c1cn2c3c(c(NCCNc4ccccn4)c(F)c(N)c3c1=O)OCCC21CCC1. The second-order valence-electron chi connectivity index (χ2n) is 8.51. The van der Waals surface area contributed by atoms with E-state index in [-0.39, 0.29) is 33.6 Å². The number of halogens is 1. The molecule has 9 nitrogen and oxygen atoms in total. The van der Waals surface area contributed by atoms with Gasteiger partial charge >= 0.3 is 0 Å². The molecule has 0 saturated heterocycles. The van der Waals surface area contributed by atoms with Gasteiger partial charge in [0.1, 0.15) is 17.1 Å².